The summed E-state index contributed by atoms with van der Waals surface area (Å²) >= 11 is 1.44. The molecule has 7 heteroatoms. The van der Waals surface area contributed by atoms with Crippen molar-refractivity contribution in [2.24, 2.45) is 0 Å². The third-order valence-corrected chi connectivity index (χ3v) is 5.89. The van der Waals surface area contributed by atoms with Crippen LogP contribution in [0.1, 0.15) is 20.8 Å². The van der Waals surface area contributed by atoms with Crippen LogP contribution in [0.2, 0.25) is 0 Å². The van der Waals surface area contributed by atoms with Gasteiger partial charge in [-0.1, -0.05) is 23.9 Å². The first-order chi connectivity index (χ1) is 14.5. The second-order valence-electron chi connectivity index (χ2n) is 7.29. The Labute approximate surface area is 182 Å². The molecule has 0 aliphatic heterocycles. The first-order valence-corrected chi connectivity index (χ1v) is 11.3. The number of carbonyl (C=O) groups excluding carboxylic acids is 1. The molecular formula is C23H30N4O2S. The quantitative estimate of drug-likeness (QED) is 0.478. The van der Waals surface area contributed by atoms with E-state index < -0.39 is 0 Å². The Kier molecular flexibility index (Phi) is 7.76. The van der Waals surface area contributed by atoms with Crippen LogP contribution in [0.4, 0.5) is 11.4 Å². The van der Waals surface area contributed by atoms with E-state index in [2.05, 4.69) is 52.7 Å². The van der Waals surface area contributed by atoms with Crippen LogP contribution in [-0.4, -0.2) is 47.5 Å². The number of hydrogen-bond donors (Lipinski definition) is 1. The fraction of sp³-hybridized carbons (Fsp3) is 0.391. The van der Waals surface area contributed by atoms with Gasteiger partial charge >= 0.3 is 0 Å². The highest BCUT2D eigenvalue weighted by Gasteiger charge is 2.13. The Hall–Kier alpha value is -2.51. The summed E-state index contributed by atoms with van der Waals surface area (Å²) in [5, 5.41) is 3.81. The lowest BCUT2D eigenvalue weighted by Gasteiger charge is -2.27. The van der Waals surface area contributed by atoms with Gasteiger partial charge < -0.3 is 19.5 Å². The predicted molar refractivity (Wildman–Crippen MR) is 126 cm³/mol. The maximum atomic E-state index is 12.5. The average molecular weight is 427 g/mol. The average Bonchev–Trinajstić information content (AvgIpc) is 3.09. The van der Waals surface area contributed by atoms with Gasteiger partial charge in [-0.25, -0.2) is 4.98 Å². The van der Waals surface area contributed by atoms with Gasteiger partial charge in [0, 0.05) is 37.6 Å². The number of amides is 1. The van der Waals surface area contributed by atoms with E-state index in [0.717, 1.165) is 34.1 Å². The highest BCUT2D eigenvalue weighted by Crippen LogP contribution is 2.25. The van der Waals surface area contributed by atoms with Gasteiger partial charge in [0.15, 0.2) is 5.16 Å². The van der Waals surface area contributed by atoms with Crippen molar-refractivity contribution in [2.75, 3.05) is 36.2 Å². The van der Waals surface area contributed by atoms with Crippen molar-refractivity contribution in [1.82, 2.24) is 9.55 Å². The molecule has 6 nitrogen and oxygen atoms in total. The molecule has 1 N–H and O–H groups in total. The van der Waals surface area contributed by atoms with Gasteiger partial charge in [-0.15, -0.1) is 0 Å². The first-order valence-electron chi connectivity index (χ1n) is 10.3. The number of carbonyl (C=O) groups is 1. The number of methoxy groups -OCH3 is 1. The topological polar surface area (TPSA) is 59.4 Å². The fourth-order valence-electron chi connectivity index (χ4n) is 3.47. The molecule has 160 valence electrons. The summed E-state index contributed by atoms with van der Waals surface area (Å²) in [6, 6.07) is 16.4. The highest BCUT2D eigenvalue weighted by molar-refractivity contribution is 7.99. The maximum absolute atomic E-state index is 12.5. The van der Waals surface area contributed by atoms with E-state index in [0.29, 0.717) is 24.9 Å². The molecule has 0 saturated heterocycles. The molecule has 0 radical (unpaired) electrons. The SMILES string of the molecule is CCN(c1ccc(NC(=O)CSc2nc3ccccc3n2CCOC)cc1)C(C)C. The number of anilines is 2. The van der Waals surface area contributed by atoms with Crippen LogP contribution in [0, 0.1) is 0 Å². The van der Waals surface area contributed by atoms with Gasteiger partial charge in [0.05, 0.1) is 23.4 Å². The number of hydrogen-bond acceptors (Lipinski definition) is 5. The van der Waals surface area contributed by atoms with Crippen molar-refractivity contribution in [3.63, 3.8) is 0 Å². The predicted octanol–water partition coefficient (Wildman–Crippen LogP) is 4.65. The largest absolute Gasteiger partial charge is 0.383 e. The molecule has 1 amide bonds. The number of para-hydroxylation sites is 2. The van der Waals surface area contributed by atoms with E-state index in [1.54, 1.807) is 7.11 Å². The normalized spacial score (nSPS) is 11.2. The van der Waals surface area contributed by atoms with Gasteiger partial charge in [0.25, 0.3) is 0 Å². The molecule has 0 unspecified atom stereocenters. The third-order valence-electron chi connectivity index (χ3n) is 4.92. The second kappa shape index (κ2) is 10.5. The number of thioether (sulfide) groups is 1. The molecule has 0 aliphatic rings. The molecule has 3 rings (SSSR count). The fourth-order valence-corrected chi connectivity index (χ4v) is 4.31. The van der Waals surface area contributed by atoms with Crippen molar-refractivity contribution in [2.45, 2.75) is 38.5 Å². The van der Waals surface area contributed by atoms with Crippen molar-refractivity contribution in [3.8, 4) is 0 Å². The van der Waals surface area contributed by atoms with Crippen LogP contribution in [0.15, 0.2) is 53.7 Å². The number of benzene rings is 2. The molecule has 0 fully saturated rings. The zero-order valence-electron chi connectivity index (χ0n) is 18.1. The van der Waals surface area contributed by atoms with Gasteiger partial charge in [-0.3, -0.25) is 4.79 Å². The zero-order chi connectivity index (χ0) is 21.5. The molecule has 30 heavy (non-hydrogen) atoms. The molecule has 0 spiro atoms. The van der Waals surface area contributed by atoms with Crippen molar-refractivity contribution < 1.29 is 9.53 Å². The summed E-state index contributed by atoms with van der Waals surface area (Å²) in [7, 11) is 1.69. The minimum Gasteiger partial charge on any atom is -0.383 e. The molecule has 3 aromatic rings. The van der Waals surface area contributed by atoms with Crippen LogP contribution in [0.3, 0.4) is 0 Å². The number of fused-ring (bicyclic) bond motifs is 1. The van der Waals surface area contributed by atoms with Crippen LogP contribution < -0.4 is 10.2 Å². The van der Waals surface area contributed by atoms with Crippen LogP contribution in [-0.2, 0) is 16.1 Å². The number of nitrogens with one attached hydrogen (secondary N) is 1. The standard InChI is InChI=1S/C23H30N4O2S/c1-5-26(17(2)3)19-12-10-18(11-13-19)24-22(28)16-30-23-25-20-8-6-7-9-21(20)27(23)14-15-29-4/h6-13,17H,5,14-16H2,1-4H3,(H,24,28). The highest BCUT2D eigenvalue weighted by atomic mass is 32.2. The van der Waals surface area contributed by atoms with Gasteiger partial charge in [0.2, 0.25) is 5.91 Å². The molecule has 0 atom stereocenters. The molecule has 1 heterocycles. The summed E-state index contributed by atoms with van der Waals surface area (Å²) in [6.07, 6.45) is 0. The van der Waals surface area contributed by atoms with E-state index in [-0.39, 0.29) is 5.91 Å². The Morgan fingerprint density at radius 2 is 1.93 bits per heavy atom. The van der Waals surface area contributed by atoms with E-state index in [4.69, 9.17) is 4.74 Å². The monoisotopic (exact) mass is 426 g/mol. The van der Waals surface area contributed by atoms with Crippen molar-refractivity contribution in [1.29, 1.82) is 0 Å². The molecular weight excluding hydrogens is 396 g/mol. The molecule has 0 bridgehead atoms. The minimum atomic E-state index is -0.0469. The Morgan fingerprint density at radius 3 is 2.60 bits per heavy atom. The lowest BCUT2D eigenvalue weighted by atomic mass is 10.2. The molecule has 0 aliphatic carbocycles. The van der Waals surface area contributed by atoms with Gasteiger partial charge in [-0.2, -0.15) is 0 Å². The minimum absolute atomic E-state index is 0.0469. The summed E-state index contributed by atoms with van der Waals surface area (Å²) < 4.78 is 7.34. The summed E-state index contributed by atoms with van der Waals surface area (Å²) in [5.74, 6) is 0.250. The Balaban J connectivity index is 1.63. The molecule has 2 aromatic carbocycles. The van der Waals surface area contributed by atoms with E-state index >= 15 is 0 Å². The first kappa shape index (κ1) is 22.2. The van der Waals surface area contributed by atoms with E-state index in [9.17, 15) is 4.79 Å². The van der Waals surface area contributed by atoms with Crippen LogP contribution in [0.25, 0.3) is 11.0 Å². The van der Waals surface area contributed by atoms with Crippen LogP contribution >= 0.6 is 11.8 Å². The van der Waals surface area contributed by atoms with Crippen molar-refractivity contribution >= 4 is 40.1 Å². The Morgan fingerprint density at radius 1 is 1.20 bits per heavy atom. The number of aromatic nitrogens is 2. The van der Waals surface area contributed by atoms with Crippen LogP contribution in [0.5, 0.6) is 0 Å². The van der Waals surface area contributed by atoms with E-state index in [1.165, 1.54) is 11.8 Å². The lowest BCUT2D eigenvalue weighted by Crippen LogP contribution is -2.30. The third kappa shape index (κ3) is 5.34. The number of rotatable bonds is 10. The van der Waals surface area contributed by atoms with Gasteiger partial charge in [0.1, 0.15) is 0 Å². The maximum Gasteiger partial charge on any atom is 0.234 e. The molecule has 0 saturated carbocycles. The summed E-state index contributed by atoms with van der Waals surface area (Å²) in [5.41, 5.74) is 3.94. The number of nitrogens with zero attached hydrogens (tertiary/aromatic N) is 3. The summed E-state index contributed by atoms with van der Waals surface area (Å²) in [6.45, 7) is 8.74. The summed E-state index contributed by atoms with van der Waals surface area (Å²) in [4.78, 5) is 19.5. The van der Waals surface area contributed by atoms with Gasteiger partial charge in [-0.05, 0) is 57.2 Å². The second-order valence-corrected chi connectivity index (χ2v) is 8.23. The van der Waals surface area contributed by atoms with E-state index in [1.807, 2.05) is 36.4 Å². The number of ether oxygens (including phenoxy) is 1. The molecule has 1 aromatic heterocycles. The number of imidazole rings is 1. The smallest absolute Gasteiger partial charge is 0.234 e. The lowest BCUT2D eigenvalue weighted by molar-refractivity contribution is -0.113. The zero-order valence-corrected chi connectivity index (χ0v) is 18.9. The Bertz CT molecular complexity index is 969. The van der Waals surface area contributed by atoms with Crippen molar-refractivity contribution in [3.05, 3.63) is 48.5 Å².